The van der Waals surface area contributed by atoms with E-state index in [-0.39, 0.29) is 5.78 Å². The van der Waals surface area contributed by atoms with Gasteiger partial charge in [0.05, 0.1) is 10.7 Å². The number of nitrogens with one attached hydrogen (secondary N) is 1. The number of hydrazine groups is 1. The first-order chi connectivity index (χ1) is 10.5. The molecule has 0 aliphatic rings. The Labute approximate surface area is 139 Å². The van der Waals surface area contributed by atoms with Gasteiger partial charge in [0.2, 0.25) is 0 Å². The number of anilines is 1. The fourth-order valence-corrected chi connectivity index (χ4v) is 2.26. The maximum atomic E-state index is 12.5. The van der Waals surface area contributed by atoms with Crippen LogP contribution in [-0.2, 0) is 0 Å². The molecule has 0 amide bonds. The Kier molecular flexibility index (Phi) is 5.41. The number of carbonyl (C=O) groups excluding carboxylic acids is 1. The monoisotopic (exact) mass is 335 g/mol. The average Bonchev–Trinajstić information content (AvgIpc) is 2.54. The van der Waals surface area contributed by atoms with Crippen LogP contribution in [0, 0.1) is 0 Å². The minimum Gasteiger partial charge on any atom is -0.290 e. The van der Waals surface area contributed by atoms with Crippen molar-refractivity contribution in [1.82, 2.24) is 5.43 Å². The van der Waals surface area contributed by atoms with Crippen molar-refractivity contribution in [2.75, 3.05) is 19.1 Å². The first kappa shape index (κ1) is 16.3. The molecule has 0 radical (unpaired) electrons. The molecule has 114 valence electrons. The van der Waals surface area contributed by atoms with Crippen molar-refractivity contribution in [3.8, 4) is 0 Å². The summed E-state index contributed by atoms with van der Waals surface area (Å²) in [5.41, 5.74) is 4.80. The molecular weight excluding hydrogens is 321 g/mol. The predicted octanol–water partition coefficient (Wildman–Crippen LogP) is 3.82. The normalized spacial score (nSPS) is 10.7. The van der Waals surface area contributed by atoms with Gasteiger partial charge in [-0.2, -0.15) is 0 Å². The smallest absolute Gasteiger partial charge is 0.194 e. The first-order valence-electron chi connectivity index (χ1n) is 6.53. The zero-order valence-electron chi connectivity index (χ0n) is 12.2. The Morgan fingerprint density at radius 3 is 2.50 bits per heavy atom. The molecular formula is C16H15Cl2N3O. The highest BCUT2D eigenvalue weighted by atomic mass is 35.5. The highest BCUT2D eigenvalue weighted by Gasteiger charge is 2.13. The molecule has 1 N–H and O–H groups in total. The van der Waals surface area contributed by atoms with Crippen LogP contribution in [0.3, 0.4) is 0 Å². The highest BCUT2D eigenvalue weighted by molar-refractivity contribution is 6.36. The van der Waals surface area contributed by atoms with Crippen molar-refractivity contribution in [2.45, 2.75) is 0 Å². The minimum absolute atomic E-state index is 0.162. The third-order valence-corrected chi connectivity index (χ3v) is 3.63. The van der Waals surface area contributed by atoms with E-state index in [4.69, 9.17) is 23.2 Å². The van der Waals surface area contributed by atoms with Gasteiger partial charge in [0, 0.05) is 30.2 Å². The van der Waals surface area contributed by atoms with Crippen LogP contribution in [0.1, 0.15) is 15.9 Å². The van der Waals surface area contributed by atoms with Crippen molar-refractivity contribution in [2.24, 2.45) is 4.99 Å². The Hall–Kier alpha value is -2.04. The molecule has 0 bridgehead atoms. The molecule has 2 aromatic rings. The van der Waals surface area contributed by atoms with E-state index in [9.17, 15) is 4.79 Å². The number of halogens is 2. The van der Waals surface area contributed by atoms with Gasteiger partial charge >= 0.3 is 0 Å². The lowest BCUT2D eigenvalue weighted by Gasteiger charge is -2.18. The molecule has 6 heteroatoms. The van der Waals surface area contributed by atoms with E-state index in [0.717, 1.165) is 5.69 Å². The molecule has 22 heavy (non-hydrogen) atoms. The summed E-state index contributed by atoms with van der Waals surface area (Å²) in [4.78, 5) is 16.3. The van der Waals surface area contributed by atoms with Crippen LogP contribution in [-0.4, -0.2) is 26.2 Å². The third-order valence-electron chi connectivity index (χ3n) is 3.07. The zero-order chi connectivity index (χ0) is 16.1. The number of hydrogen-bond acceptors (Lipinski definition) is 3. The summed E-state index contributed by atoms with van der Waals surface area (Å²) in [5, 5.41) is 2.65. The van der Waals surface area contributed by atoms with Gasteiger partial charge in [-0.15, -0.1) is 0 Å². The summed E-state index contributed by atoms with van der Waals surface area (Å²) < 4.78 is 0. The van der Waals surface area contributed by atoms with E-state index in [0.29, 0.717) is 21.2 Å². The molecule has 0 unspecified atom stereocenters. The standard InChI is InChI=1S/C16H15Cl2N3O/c1-19-10-20-21(2)13-6-3-11(4-7-13)16(22)14-9-12(17)5-8-15(14)18/h3-10H,1-2H3,(H,19,20). The van der Waals surface area contributed by atoms with Gasteiger partial charge in [0.1, 0.15) is 6.34 Å². The molecule has 0 aliphatic carbocycles. The van der Waals surface area contributed by atoms with E-state index in [1.807, 2.05) is 19.2 Å². The van der Waals surface area contributed by atoms with Crippen LogP contribution in [0.15, 0.2) is 47.5 Å². The number of benzene rings is 2. The summed E-state index contributed by atoms with van der Waals surface area (Å²) >= 11 is 12.0. The zero-order valence-corrected chi connectivity index (χ0v) is 13.7. The molecule has 0 heterocycles. The summed E-state index contributed by atoms with van der Waals surface area (Å²) in [6.45, 7) is 0. The Morgan fingerprint density at radius 1 is 1.18 bits per heavy atom. The summed E-state index contributed by atoms with van der Waals surface area (Å²) in [6.07, 6.45) is 1.57. The van der Waals surface area contributed by atoms with Crippen LogP contribution in [0.5, 0.6) is 0 Å². The van der Waals surface area contributed by atoms with E-state index in [2.05, 4.69) is 10.4 Å². The number of nitrogens with zero attached hydrogens (tertiary/aromatic N) is 2. The fourth-order valence-electron chi connectivity index (χ4n) is 1.88. The number of hydrogen-bond donors (Lipinski definition) is 1. The number of aliphatic imine (C=N–C) groups is 1. The Morgan fingerprint density at radius 2 is 1.86 bits per heavy atom. The molecule has 0 saturated heterocycles. The number of carbonyl (C=O) groups is 1. The second-order valence-electron chi connectivity index (χ2n) is 4.58. The maximum Gasteiger partial charge on any atom is 0.194 e. The van der Waals surface area contributed by atoms with Crippen LogP contribution >= 0.6 is 23.2 Å². The maximum absolute atomic E-state index is 12.5. The van der Waals surface area contributed by atoms with Gasteiger partial charge in [0.15, 0.2) is 5.78 Å². The summed E-state index contributed by atoms with van der Waals surface area (Å²) in [5.74, 6) is -0.162. The molecule has 0 atom stereocenters. The molecule has 0 fully saturated rings. The van der Waals surface area contributed by atoms with Gasteiger partial charge in [-0.3, -0.25) is 20.2 Å². The summed E-state index contributed by atoms with van der Waals surface area (Å²) in [6, 6.07) is 12.0. The van der Waals surface area contributed by atoms with Crippen LogP contribution in [0.4, 0.5) is 5.69 Å². The second kappa shape index (κ2) is 7.29. The van der Waals surface area contributed by atoms with Crippen LogP contribution in [0.25, 0.3) is 0 Å². The second-order valence-corrected chi connectivity index (χ2v) is 5.42. The lowest BCUT2D eigenvalue weighted by atomic mass is 10.0. The number of rotatable bonds is 5. The lowest BCUT2D eigenvalue weighted by molar-refractivity contribution is 0.103. The van der Waals surface area contributed by atoms with Gasteiger partial charge < -0.3 is 0 Å². The largest absolute Gasteiger partial charge is 0.290 e. The third kappa shape index (κ3) is 3.78. The highest BCUT2D eigenvalue weighted by Crippen LogP contribution is 2.24. The van der Waals surface area contributed by atoms with Crippen molar-refractivity contribution >= 4 is 41.0 Å². The van der Waals surface area contributed by atoms with E-state index in [1.165, 1.54) is 0 Å². The molecule has 0 aliphatic heterocycles. The average molecular weight is 336 g/mol. The van der Waals surface area contributed by atoms with E-state index < -0.39 is 0 Å². The molecule has 2 aromatic carbocycles. The topological polar surface area (TPSA) is 44.7 Å². The van der Waals surface area contributed by atoms with Gasteiger partial charge in [-0.05, 0) is 42.5 Å². The summed E-state index contributed by atoms with van der Waals surface area (Å²) in [7, 11) is 3.53. The fraction of sp³-hybridized carbons (Fsp3) is 0.125. The molecule has 4 nitrogen and oxygen atoms in total. The predicted molar refractivity (Wildman–Crippen MR) is 92.3 cm³/mol. The van der Waals surface area contributed by atoms with Crippen molar-refractivity contribution < 1.29 is 4.79 Å². The molecule has 0 aromatic heterocycles. The Bertz CT molecular complexity index is 699. The van der Waals surface area contributed by atoms with Crippen LogP contribution < -0.4 is 10.4 Å². The lowest BCUT2D eigenvalue weighted by Crippen LogP contribution is -2.32. The van der Waals surface area contributed by atoms with Crippen molar-refractivity contribution in [3.05, 3.63) is 63.6 Å². The van der Waals surface area contributed by atoms with Gasteiger partial charge in [-0.25, -0.2) is 0 Å². The van der Waals surface area contributed by atoms with Gasteiger partial charge in [0.25, 0.3) is 0 Å². The first-order valence-corrected chi connectivity index (χ1v) is 7.29. The van der Waals surface area contributed by atoms with Crippen molar-refractivity contribution in [3.63, 3.8) is 0 Å². The van der Waals surface area contributed by atoms with Crippen LogP contribution in [0.2, 0.25) is 10.0 Å². The van der Waals surface area contributed by atoms with Crippen molar-refractivity contribution in [1.29, 1.82) is 0 Å². The molecule has 0 spiro atoms. The van der Waals surface area contributed by atoms with E-state index in [1.54, 1.807) is 48.7 Å². The molecule has 2 rings (SSSR count). The number of ketones is 1. The molecule has 0 saturated carbocycles. The van der Waals surface area contributed by atoms with Gasteiger partial charge in [-0.1, -0.05) is 23.2 Å². The quantitative estimate of drug-likeness (QED) is 0.391. The van der Waals surface area contributed by atoms with E-state index >= 15 is 0 Å². The minimum atomic E-state index is -0.162. The SMILES string of the molecule is CN=CNN(C)c1ccc(C(=O)c2cc(Cl)ccc2Cl)cc1. The Balaban J connectivity index is 2.23.